The third-order valence-corrected chi connectivity index (χ3v) is 3.65. The molecule has 1 unspecified atom stereocenters. The van der Waals surface area contributed by atoms with Crippen molar-refractivity contribution in [1.29, 1.82) is 0 Å². The second-order valence-electron chi connectivity index (χ2n) is 5.06. The van der Waals surface area contributed by atoms with Gasteiger partial charge in [0.2, 0.25) is 5.91 Å². The summed E-state index contributed by atoms with van der Waals surface area (Å²) in [5, 5.41) is 11.9. The van der Waals surface area contributed by atoms with Crippen LogP contribution in [0.25, 0.3) is 0 Å². The Labute approximate surface area is 123 Å². The van der Waals surface area contributed by atoms with E-state index in [0.717, 1.165) is 18.7 Å². The molecular formula is C15H20N2O4. The summed E-state index contributed by atoms with van der Waals surface area (Å²) in [6.07, 6.45) is 1.82. The second kappa shape index (κ2) is 7.08. The molecular weight excluding hydrogens is 272 g/mol. The number of anilines is 1. The highest BCUT2D eigenvalue weighted by molar-refractivity contribution is 5.90. The fourth-order valence-corrected chi connectivity index (χ4v) is 2.52. The molecule has 2 rings (SSSR count). The van der Waals surface area contributed by atoms with Gasteiger partial charge in [-0.05, 0) is 43.7 Å². The first kappa shape index (κ1) is 15.3. The lowest BCUT2D eigenvalue weighted by Gasteiger charge is -2.20. The predicted octanol–water partition coefficient (Wildman–Crippen LogP) is 1.57. The van der Waals surface area contributed by atoms with Gasteiger partial charge in [0.1, 0.15) is 11.8 Å². The monoisotopic (exact) mass is 292 g/mol. The number of amides is 1. The van der Waals surface area contributed by atoms with E-state index in [2.05, 4.69) is 5.32 Å². The van der Waals surface area contributed by atoms with Crippen LogP contribution in [0.4, 0.5) is 5.69 Å². The van der Waals surface area contributed by atoms with Gasteiger partial charge in [-0.1, -0.05) is 0 Å². The third kappa shape index (κ3) is 4.19. The number of rotatable bonds is 6. The maximum Gasteiger partial charge on any atom is 0.320 e. The molecule has 1 heterocycles. The van der Waals surface area contributed by atoms with Crippen LogP contribution in [0.5, 0.6) is 5.75 Å². The Morgan fingerprint density at radius 2 is 2.10 bits per heavy atom. The summed E-state index contributed by atoms with van der Waals surface area (Å²) in [6, 6.07) is 6.64. The van der Waals surface area contributed by atoms with Crippen molar-refractivity contribution < 1.29 is 19.4 Å². The van der Waals surface area contributed by atoms with Gasteiger partial charge in [-0.3, -0.25) is 14.5 Å². The summed E-state index contributed by atoms with van der Waals surface area (Å²) in [5.74, 6) is -0.186. The number of benzene rings is 1. The first-order valence-electron chi connectivity index (χ1n) is 7.01. The number of carbonyl (C=O) groups is 2. The van der Waals surface area contributed by atoms with Crippen molar-refractivity contribution in [1.82, 2.24) is 4.90 Å². The molecule has 1 saturated heterocycles. The van der Waals surface area contributed by atoms with E-state index in [1.807, 2.05) is 4.90 Å². The van der Waals surface area contributed by atoms with Gasteiger partial charge in [0, 0.05) is 18.7 Å². The van der Waals surface area contributed by atoms with Gasteiger partial charge in [0.25, 0.3) is 0 Å². The van der Waals surface area contributed by atoms with Crippen molar-refractivity contribution in [3.63, 3.8) is 0 Å². The van der Waals surface area contributed by atoms with Crippen molar-refractivity contribution in [3.8, 4) is 5.75 Å². The molecule has 114 valence electrons. The molecule has 1 aliphatic heterocycles. The zero-order chi connectivity index (χ0) is 15.2. The molecule has 1 fully saturated rings. The smallest absolute Gasteiger partial charge is 0.320 e. The van der Waals surface area contributed by atoms with E-state index in [1.165, 1.54) is 0 Å². The van der Waals surface area contributed by atoms with Crippen LogP contribution in [0.1, 0.15) is 19.3 Å². The SMILES string of the molecule is COc1ccc(NC(=O)CCN2CCCC2C(=O)O)cc1. The largest absolute Gasteiger partial charge is 0.497 e. The van der Waals surface area contributed by atoms with E-state index in [0.29, 0.717) is 18.7 Å². The topological polar surface area (TPSA) is 78.9 Å². The van der Waals surface area contributed by atoms with E-state index in [1.54, 1.807) is 31.4 Å². The number of likely N-dealkylation sites (tertiary alicyclic amines) is 1. The summed E-state index contributed by atoms with van der Waals surface area (Å²) in [5.41, 5.74) is 0.706. The van der Waals surface area contributed by atoms with Crippen molar-refractivity contribution in [3.05, 3.63) is 24.3 Å². The lowest BCUT2D eigenvalue weighted by molar-refractivity contribution is -0.142. The summed E-state index contributed by atoms with van der Waals surface area (Å²) in [6.45, 7) is 1.21. The average Bonchev–Trinajstić information content (AvgIpc) is 2.94. The van der Waals surface area contributed by atoms with Crippen molar-refractivity contribution in [2.75, 3.05) is 25.5 Å². The molecule has 6 nitrogen and oxygen atoms in total. The third-order valence-electron chi connectivity index (χ3n) is 3.65. The van der Waals surface area contributed by atoms with Crippen LogP contribution in [0.3, 0.4) is 0 Å². The van der Waals surface area contributed by atoms with Gasteiger partial charge < -0.3 is 15.2 Å². The van der Waals surface area contributed by atoms with Crippen LogP contribution in [-0.4, -0.2) is 48.1 Å². The second-order valence-corrected chi connectivity index (χ2v) is 5.06. The molecule has 0 saturated carbocycles. The highest BCUT2D eigenvalue weighted by atomic mass is 16.5. The summed E-state index contributed by atoms with van der Waals surface area (Å²) < 4.78 is 5.05. The lowest BCUT2D eigenvalue weighted by atomic mass is 10.2. The Kier molecular flexibility index (Phi) is 5.16. The number of carbonyl (C=O) groups excluding carboxylic acids is 1. The van der Waals surface area contributed by atoms with Gasteiger partial charge in [0.15, 0.2) is 0 Å². The quantitative estimate of drug-likeness (QED) is 0.832. The molecule has 6 heteroatoms. The standard InChI is InChI=1S/C15H20N2O4/c1-21-12-6-4-11(5-7-12)16-14(18)8-10-17-9-2-3-13(17)15(19)20/h4-7,13H,2-3,8-10H2,1H3,(H,16,18)(H,19,20). The Bertz CT molecular complexity index is 501. The van der Waals surface area contributed by atoms with Gasteiger partial charge in [-0.2, -0.15) is 0 Å². The first-order valence-corrected chi connectivity index (χ1v) is 7.01. The number of nitrogens with zero attached hydrogens (tertiary/aromatic N) is 1. The van der Waals surface area contributed by atoms with Gasteiger partial charge in [-0.25, -0.2) is 0 Å². The van der Waals surface area contributed by atoms with E-state index >= 15 is 0 Å². The first-order chi connectivity index (χ1) is 10.1. The zero-order valence-electron chi connectivity index (χ0n) is 12.0. The lowest BCUT2D eigenvalue weighted by Crippen LogP contribution is -2.37. The number of carboxylic acid groups (broad SMARTS) is 1. The molecule has 21 heavy (non-hydrogen) atoms. The van der Waals surface area contributed by atoms with Crippen molar-refractivity contribution in [2.24, 2.45) is 0 Å². The number of aliphatic carboxylic acids is 1. The summed E-state index contributed by atoms with van der Waals surface area (Å²) >= 11 is 0. The van der Waals surface area contributed by atoms with Crippen LogP contribution >= 0.6 is 0 Å². The van der Waals surface area contributed by atoms with Crippen LogP contribution in [0, 0.1) is 0 Å². The molecule has 1 amide bonds. The minimum absolute atomic E-state index is 0.115. The van der Waals surface area contributed by atoms with E-state index in [9.17, 15) is 9.59 Å². The van der Waals surface area contributed by atoms with Gasteiger partial charge in [0.05, 0.1) is 7.11 Å². The molecule has 1 aliphatic rings. The molecule has 0 aliphatic carbocycles. The minimum Gasteiger partial charge on any atom is -0.497 e. The summed E-state index contributed by atoms with van der Waals surface area (Å²) in [4.78, 5) is 24.8. The van der Waals surface area contributed by atoms with Gasteiger partial charge in [-0.15, -0.1) is 0 Å². The van der Waals surface area contributed by atoms with Crippen molar-refractivity contribution in [2.45, 2.75) is 25.3 Å². The molecule has 1 aromatic rings. The van der Waals surface area contributed by atoms with E-state index in [-0.39, 0.29) is 12.3 Å². The van der Waals surface area contributed by atoms with E-state index < -0.39 is 12.0 Å². The van der Waals surface area contributed by atoms with Crippen molar-refractivity contribution >= 4 is 17.6 Å². The van der Waals surface area contributed by atoms with Gasteiger partial charge >= 0.3 is 5.97 Å². The summed E-state index contributed by atoms with van der Waals surface area (Å²) in [7, 11) is 1.59. The normalized spacial score (nSPS) is 18.4. The number of methoxy groups -OCH3 is 1. The van der Waals surface area contributed by atoms with Crippen LogP contribution < -0.4 is 10.1 Å². The Morgan fingerprint density at radius 1 is 1.38 bits per heavy atom. The average molecular weight is 292 g/mol. The van der Waals surface area contributed by atoms with Crippen LogP contribution in [-0.2, 0) is 9.59 Å². The number of ether oxygens (including phenoxy) is 1. The highest BCUT2D eigenvalue weighted by Gasteiger charge is 2.30. The molecule has 2 N–H and O–H groups in total. The Morgan fingerprint density at radius 3 is 2.71 bits per heavy atom. The molecule has 1 atom stereocenters. The number of nitrogens with one attached hydrogen (secondary N) is 1. The Balaban J connectivity index is 1.80. The van der Waals surface area contributed by atoms with Crippen LogP contribution in [0.15, 0.2) is 24.3 Å². The zero-order valence-corrected chi connectivity index (χ0v) is 12.0. The fourth-order valence-electron chi connectivity index (χ4n) is 2.52. The maximum atomic E-state index is 11.9. The number of hydrogen-bond acceptors (Lipinski definition) is 4. The predicted molar refractivity (Wildman–Crippen MR) is 78.5 cm³/mol. The van der Waals surface area contributed by atoms with Crippen LogP contribution in [0.2, 0.25) is 0 Å². The van der Waals surface area contributed by atoms with E-state index in [4.69, 9.17) is 9.84 Å². The highest BCUT2D eigenvalue weighted by Crippen LogP contribution is 2.18. The number of hydrogen-bond donors (Lipinski definition) is 2. The maximum absolute atomic E-state index is 11.9. The fraction of sp³-hybridized carbons (Fsp3) is 0.467. The molecule has 0 radical (unpaired) electrons. The minimum atomic E-state index is -0.803. The number of carboxylic acids is 1. The molecule has 0 spiro atoms. The molecule has 0 bridgehead atoms. The molecule has 0 aromatic heterocycles. The Hall–Kier alpha value is -2.08. The molecule has 1 aromatic carbocycles.